The number of hydrogen-bond donors (Lipinski definition) is 0. The van der Waals surface area contributed by atoms with Gasteiger partial charge in [-0.1, -0.05) is 172 Å². The van der Waals surface area contributed by atoms with Gasteiger partial charge in [-0.15, -0.1) is 0 Å². The molecule has 0 radical (unpaired) electrons. The second kappa shape index (κ2) is 15.8. The summed E-state index contributed by atoms with van der Waals surface area (Å²) in [6.07, 6.45) is 15.4. The fraction of sp³-hybridized carbons (Fsp3) is 0.127. The Hall–Kier alpha value is -7.24. The zero-order chi connectivity index (χ0) is 40.6. The molecule has 0 fully saturated rings. The molecular formula is C55H45N5. The number of rotatable bonds is 6. The lowest BCUT2D eigenvalue weighted by molar-refractivity contribution is 0.598. The van der Waals surface area contributed by atoms with Gasteiger partial charge in [0.1, 0.15) is 5.84 Å². The number of nitrogens with zero attached hydrogens (tertiary/aromatic N) is 5. The Morgan fingerprint density at radius 1 is 0.500 bits per heavy atom. The van der Waals surface area contributed by atoms with Gasteiger partial charge in [-0.2, -0.15) is 0 Å². The van der Waals surface area contributed by atoms with Gasteiger partial charge >= 0.3 is 0 Å². The molecule has 2 unspecified atom stereocenters. The Morgan fingerprint density at radius 2 is 1.03 bits per heavy atom. The van der Waals surface area contributed by atoms with Crippen LogP contribution in [0.5, 0.6) is 0 Å². The van der Waals surface area contributed by atoms with Crippen LogP contribution in [0.3, 0.4) is 0 Å². The number of allylic oxidation sites excluding steroid dienone is 5. The molecule has 7 aromatic carbocycles. The first kappa shape index (κ1) is 37.1. The first-order chi connectivity index (χ1) is 29.6. The molecule has 0 N–H and O–H groups in total. The largest absolute Gasteiger partial charge is 0.297 e. The van der Waals surface area contributed by atoms with Crippen LogP contribution in [0.1, 0.15) is 39.2 Å². The molecule has 0 saturated heterocycles. The maximum absolute atomic E-state index is 5.33. The van der Waals surface area contributed by atoms with Gasteiger partial charge in [0.05, 0.1) is 6.04 Å². The van der Waals surface area contributed by atoms with Crippen LogP contribution in [0.4, 0.5) is 0 Å². The van der Waals surface area contributed by atoms with Gasteiger partial charge in [-0.05, 0) is 92.6 Å². The molecule has 290 valence electrons. The summed E-state index contributed by atoms with van der Waals surface area (Å²) >= 11 is 0. The van der Waals surface area contributed by atoms with Crippen LogP contribution in [0, 0.1) is 5.92 Å². The van der Waals surface area contributed by atoms with E-state index in [2.05, 4.69) is 188 Å². The highest BCUT2D eigenvalue weighted by Crippen LogP contribution is 2.39. The first-order valence-corrected chi connectivity index (χ1v) is 21.1. The van der Waals surface area contributed by atoms with E-state index < -0.39 is 0 Å². The summed E-state index contributed by atoms with van der Waals surface area (Å²) in [4.78, 5) is 23.4. The minimum Gasteiger partial charge on any atom is -0.297 e. The van der Waals surface area contributed by atoms with E-state index in [0.29, 0.717) is 23.4 Å². The lowest BCUT2D eigenvalue weighted by Crippen LogP contribution is -2.28. The van der Waals surface area contributed by atoms with Gasteiger partial charge in [0, 0.05) is 33.6 Å². The van der Waals surface area contributed by atoms with Crippen molar-refractivity contribution in [2.24, 2.45) is 10.9 Å². The summed E-state index contributed by atoms with van der Waals surface area (Å²) in [6.45, 7) is 6.26. The van der Waals surface area contributed by atoms with E-state index in [9.17, 15) is 0 Å². The quantitative estimate of drug-likeness (QED) is 0.158. The number of aromatic nitrogens is 3. The van der Waals surface area contributed by atoms with Crippen LogP contribution >= 0.6 is 0 Å². The predicted molar refractivity (Wildman–Crippen MR) is 250 cm³/mol. The summed E-state index contributed by atoms with van der Waals surface area (Å²) in [5, 5.41) is 7.32. The van der Waals surface area contributed by atoms with E-state index in [1.54, 1.807) is 0 Å². The van der Waals surface area contributed by atoms with Gasteiger partial charge in [0.15, 0.2) is 17.5 Å². The smallest absolute Gasteiger partial charge is 0.164 e. The minimum atomic E-state index is 0.0886. The Balaban J connectivity index is 0.00000213. The third kappa shape index (κ3) is 6.72. The standard InChI is InChI=1S/C53H39N5.C2H6/c1-34-25-28-41(29-26-34)58-49-24-10-9-23-48(49)54-53(58)40-18-12-17-38(32-40)51-55-50(37-16-11-15-36(31-37)35-13-3-2-4-14-35)56-52(57-51)39-27-30-46-44-21-6-5-19-42(44)43-20-7-8-22-45(43)47(46)33-39;1-2/h2-22,24-25,27-34,48H,23,26H2,1H3;1-2H3. The highest BCUT2D eigenvalue weighted by molar-refractivity contribution is 6.25. The average molecular weight is 776 g/mol. The molecule has 2 heterocycles. The second-order valence-corrected chi connectivity index (χ2v) is 15.4. The highest BCUT2D eigenvalue weighted by atomic mass is 15.3. The Kier molecular flexibility index (Phi) is 9.78. The van der Waals surface area contributed by atoms with Crippen molar-refractivity contribution in [3.63, 3.8) is 0 Å². The van der Waals surface area contributed by atoms with Crippen LogP contribution in [0.2, 0.25) is 0 Å². The number of hydrogen-bond acceptors (Lipinski definition) is 5. The van der Waals surface area contributed by atoms with Gasteiger partial charge in [0.25, 0.3) is 0 Å². The summed E-state index contributed by atoms with van der Waals surface area (Å²) < 4.78 is 0. The molecule has 60 heavy (non-hydrogen) atoms. The monoisotopic (exact) mass is 775 g/mol. The number of benzene rings is 7. The molecule has 2 aliphatic carbocycles. The Labute approximate surface area is 351 Å². The summed E-state index contributed by atoms with van der Waals surface area (Å²) in [5.74, 6) is 3.34. The summed E-state index contributed by atoms with van der Waals surface area (Å²) in [7, 11) is 0. The number of amidine groups is 1. The molecule has 2 atom stereocenters. The van der Waals surface area contributed by atoms with Gasteiger partial charge in [0.2, 0.25) is 0 Å². The minimum absolute atomic E-state index is 0.0886. The number of fused-ring (bicyclic) bond motifs is 7. The van der Waals surface area contributed by atoms with E-state index in [1.807, 2.05) is 19.9 Å². The highest BCUT2D eigenvalue weighted by Gasteiger charge is 2.34. The molecule has 11 rings (SSSR count). The van der Waals surface area contributed by atoms with Crippen LogP contribution in [0.25, 0.3) is 77.6 Å². The van der Waals surface area contributed by atoms with E-state index in [1.165, 1.54) is 43.7 Å². The third-order valence-electron chi connectivity index (χ3n) is 11.6. The van der Waals surface area contributed by atoms with Crippen LogP contribution in [0.15, 0.2) is 198 Å². The molecular weight excluding hydrogens is 731 g/mol. The van der Waals surface area contributed by atoms with Crippen molar-refractivity contribution in [3.8, 4) is 45.3 Å². The topological polar surface area (TPSA) is 54.3 Å². The second-order valence-electron chi connectivity index (χ2n) is 15.4. The normalized spacial score (nSPS) is 16.9. The molecule has 8 aromatic rings. The fourth-order valence-electron chi connectivity index (χ4n) is 8.71. The van der Waals surface area contributed by atoms with Crippen LogP contribution in [-0.4, -0.2) is 31.7 Å². The lowest BCUT2D eigenvalue weighted by Gasteiger charge is -2.28. The lowest BCUT2D eigenvalue weighted by atomic mass is 9.93. The van der Waals surface area contributed by atoms with Crippen molar-refractivity contribution < 1.29 is 0 Å². The van der Waals surface area contributed by atoms with E-state index in [4.69, 9.17) is 19.9 Å². The molecule has 5 nitrogen and oxygen atoms in total. The Morgan fingerprint density at radius 3 is 1.67 bits per heavy atom. The van der Waals surface area contributed by atoms with Crippen LogP contribution in [-0.2, 0) is 0 Å². The molecule has 3 aliphatic rings. The number of aliphatic imine (C=N–C) groups is 1. The van der Waals surface area contributed by atoms with Gasteiger partial charge in [-0.25, -0.2) is 15.0 Å². The van der Waals surface area contributed by atoms with E-state index in [0.717, 1.165) is 52.1 Å². The fourth-order valence-corrected chi connectivity index (χ4v) is 8.71. The zero-order valence-electron chi connectivity index (χ0n) is 34.1. The van der Waals surface area contributed by atoms with Gasteiger partial charge in [-0.3, -0.25) is 9.89 Å². The summed E-state index contributed by atoms with van der Waals surface area (Å²) in [6, 6.07) is 51.6. The van der Waals surface area contributed by atoms with Crippen LogP contribution < -0.4 is 0 Å². The van der Waals surface area contributed by atoms with Crippen molar-refractivity contribution in [2.75, 3.05) is 0 Å². The van der Waals surface area contributed by atoms with E-state index >= 15 is 0 Å². The average Bonchev–Trinajstić information content (AvgIpc) is 3.72. The van der Waals surface area contributed by atoms with Crippen molar-refractivity contribution >= 4 is 38.2 Å². The molecule has 5 heteroatoms. The third-order valence-corrected chi connectivity index (χ3v) is 11.6. The molecule has 0 amide bonds. The van der Waals surface area contributed by atoms with E-state index in [-0.39, 0.29) is 6.04 Å². The Bertz CT molecular complexity index is 3060. The molecule has 1 aromatic heterocycles. The molecule has 0 spiro atoms. The molecule has 1 aliphatic heterocycles. The zero-order valence-corrected chi connectivity index (χ0v) is 34.1. The predicted octanol–water partition coefficient (Wildman–Crippen LogP) is 13.8. The maximum Gasteiger partial charge on any atom is 0.164 e. The maximum atomic E-state index is 5.33. The molecule has 0 bridgehead atoms. The van der Waals surface area contributed by atoms with Gasteiger partial charge < -0.3 is 0 Å². The SMILES string of the molecule is CC.CC1C=CC(N2C3=CC=CCC3N=C2c2cccc(-c3nc(-c4cccc(-c5ccccc5)c4)nc(-c4ccc5c6ccccc6c6ccccc6c5c4)n3)c2)=CC1. The van der Waals surface area contributed by atoms with Crippen molar-refractivity contribution in [1.29, 1.82) is 0 Å². The summed E-state index contributed by atoms with van der Waals surface area (Å²) in [5.41, 5.74) is 8.44. The van der Waals surface area contributed by atoms with Crippen molar-refractivity contribution in [2.45, 2.75) is 39.7 Å². The van der Waals surface area contributed by atoms with Crippen molar-refractivity contribution in [3.05, 3.63) is 199 Å². The first-order valence-electron chi connectivity index (χ1n) is 21.1. The molecule has 0 saturated carbocycles. The van der Waals surface area contributed by atoms with Crippen molar-refractivity contribution in [1.82, 2.24) is 19.9 Å².